The molecule has 2 aromatic rings. The van der Waals surface area contributed by atoms with Crippen LogP contribution in [0.5, 0.6) is 0 Å². The van der Waals surface area contributed by atoms with Gasteiger partial charge in [0.15, 0.2) is 0 Å². The first kappa shape index (κ1) is 17.8. The van der Waals surface area contributed by atoms with Crippen molar-refractivity contribution in [3.05, 3.63) is 28.8 Å². The Kier molecular flexibility index (Phi) is 5.27. The maximum Gasteiger partial charge on any atom is 0.234 e. The van der Waals surface area contributed by atoms with E-state index in [1.807, 2.05) is 16.7 Å². The van der Waals surface area contributed by atoms with Crippen LogP contribution in [0.25, 0.3) is 5.78 Å². The molecule has 0 bridgehead atoms. The molecule has 24 heavy (non-hydrogen) atoms. The van der Waals surface area contributed by atoms with Crippen LogP contribution in [-0.2, 0) is 11.3 Å². The summed E-state index contributed by atoms with van der Waals surface area (Å²) in [6.07, 6.45) is 7.06. The van der Waals surface area contributed by atoms with Crippen molar-refractivity contribution in [3.63, 3.8) is 0 Å². The topological polar surface area (TPSA) is 42.7 Å². The van der Waals surface area contributed by atoms with Gasteiger partial charge < -0.3 is 4.74 Å². The molecule has 2 unspecified atom stereocenters. The summed E-state index contributed by atoms with van der Waals surface area (Å²) in [5.74, 6) is 1.41. The minimum atomic E-state index is -0.215. The van der Waals surface area contributed by atoms with Gasteiger partial charge in [-0.15, -0.1) is 0 Å². The van der Waals surface area contributed by atoms with E-state index >= 15 is 0 Å². The van der Waals surface area contributed by atoms with E-state index in [1.165, 1.54) is 0 Å². The number of ether oxygens (including phenoxy) is 1. The van der Waals surface area contributed by atoms with Crippen molar-refractivity contribution in [1.29, 1.82) is 0 Å². The lowest BCUT2D eigenvalue weighted by Crippen LogP contribution is -2.45. The molecule has 0 amide bonds. The minimum Gasteiger partial charge on any atom is -0.359 e. The van der Waals surface area contributed by atoms with Crippen LogP contribution in [0.4, 0.5) is 0 Å². The van der Waals surface area contributed by atoms with Crippen molar-refractivity contribution in [2.24, 2.45) is 5.92 Å². The van der Waals surface area contributed by atoms with Gasteiger partial charge in [0.2, 0.25) is 5.78 Å². The first-order valence-corrected chi connectivity index (χ1v) is 9.62. The highest BCUT2D eigenvalue weighted by molar-refractivity contribution is 9.10. The molecular weight excluding hydrogens is 368 g/mol. The number of hydrogen-bond acceptors (Lipinski definition) is 4. The van der Waals surface area contributed by atoms with E-state index in [9.17, 15) is 0 Å². The number of fused-ring (bicyclic) bond motifs is 1. The molecule has 1 saturated heterocycles. The Labute approximate surface area is 152 Å². The van der Waals surface area contributed by atoms with E-state index < -0.39 is 0 Å². The van der Waals surface area contributed by atoms with E-state index in [2.05, 4.69) is 53.5 Å². The summed E-state index contributed by atoms with van der Waals surface area (Å²) in [7, 11) is 0. The predicted molar refractivity (Wildman–Crippen MR) is 98.7 cm³/mol. The van der Waals surface area contributed by atoms with E-state index in [0.29, 0.717) is 12.0 Å². The molecule has 2 atom stereocenters. The summed E-state index contributed by atoms with van der Waals surface area (Å²) in [5.41, 5.74) is 0.807. The minimum absolute atomic E-state index is 0.215. The van der Waals surface area contributed by atoms with Gasteiger partial charge >= 0.3 is 0 Å². The zero-order valence-corrected chi connectivity index (χ0v) is 16.6. The van der Waals surface area contributed by atoms with Gasteiger partial charge in [-0.25, -0.2) is 9.97 Å². The summed E-state index contributed by atoms with van der Waals surface area (Å²) in [6.45, 7) is 10.6. The van der Waals surface area contributed by atoms with Crippen LogP contribution >= 0.6 is 15.9 Å². The molecule has 0 aliphatic carbocycles. The summed E-state index contributed by atoms with van der Waals surface area (Å²) in [5, 5.41) is 0. The molecule has 3 heterocycles. The SMILES string of the molecule is CCC1COC(C)(CCC(C)C)N1Cc1nc2ncccn2c1Br. The maximum absolute atomic E-state index is 6.25. The third-order valence-electron chi connectivity index (χ3n) is 5.02. The highest BCUT2D eigenvalue weighted by atomic mass is 79.9. The number of halogens is 1. The molecular formula is C18H27BrN4O. The number of imidazole rings is 1. The summed E-state index contributed by atoms with van der Waals surface area (Å²) < 4.78 is 9.22. The van der Waals surface area contributed by atoms with Crippen LogP contribution < -0.4 is 0 Å². The number of rotatable bonds is 6. The second kappa shape index (κ2) is 7.10. The fraction of sp³-hybridized carbons (Fsp3) is 0.667. The van der Waals surface area contributed by atoms with Crippen LogP contribution in [0.1, 0.15) is 52.7 Å². The zero-order valence-electron chi connectivity index (χ0n) is 15.0. The number of aromatic nitrogens is 3. The van der Waals surface area contributed by atoms with E-state index in [0.717, 1.165) is 48.5 Å². The van der Waals surface area contributed by atoms with Gasteiger partial charge in [-0.3, -0.25) is 9.30 Å². The van der Waals surface area contributed by atoms with E-state index in [4.69, 9.17) is 9.72 Å². The quantitative estimate of drug-likeness (QED) is 0.733. The lowest BCUT2D eigenvalue weighted by atomic mass is 9.99. The molecule has 0 aromatic carbocycles. The van der Waals surface area contributed by atoms with Gasteiger partial charge in [-0.1, -0.05) is 20.8 Å². The largest absolute Gasteiger partial charge is 0.359 e. The van der Waals surface area contributed by atoms with Crippen molar-refractivity contribution in [1.82, 2.24) is 19.3 Å². The molecule has 0 N–H and O–H groups in total. The van der Waals surface area contributed by atoms with Crippen molar-refractivity contribution in [2.45, 2.75) is 65.3 Å². The normalized spacial score (nSPS) is 25.2. The second-order valence-corrected chi connectivity index (χ2v) is 8.00. The fourth-order valence-electron chi connectivity index (χ4n) is 3.41. The molecule has 0 spiro atoms. The summed E-state index contributed by atoms with van der Waals surface area (Å²) in [4.78, 5) is 11.5. The van der Waals surface area contributed by atoms with E-state index in [-0.39, 0.29) is 5.72 Å². The Balaban J connectivity index is 1.87. The van der Waals surface area contributed by atoms with Gasteiger partial charge in [-0.2, -0.15) is 0 Å². The first-order valence-electron chi connectivity index (χ1n) is 8.82. The summed E-state index contributed by atoms with van der Waals surface area (Å²) >= 11 is 3.69. The van der Waals surface area contributed by atoms with Crippen LogP contribution in [0.2, 0.25) is 0 Å². The van der Waals surface area contributed by atoms with Crippen molar-refractivity contribution in [2.75, 3.05) is 6.61 Å². The monoisotopic (exact) mass is 394 g/mol. The van der Waals surface area contributed by atoms with Gasteiger partial charge in [0.25, 0.3) is 0 Å². The Bertz CT molecular complexity index is 701. The van der Waals surface area contributed by atoms with Crippen LogP contribution in [-0.4, -0.2) is 37.6 Å². The molecule has 0 radical (unpaired) electrons. The molecule has 2 aromatic heterocycles. The Hall–Kier alpha value is -0.980. The first-order chi connectivity index (χ1) is 11.4. The molecule has 1 aliphatic rings. The van der Waals surface area contributed by atoms with Gasteiger partial charge in [0.1, 0.15) is 10.3 Å². The molecule has 6 heteroatoms. The van der Waals surface area contributed by atoms with Crippen LogP contribution in [0, 0.1) is 5.92 Å². The number of nitrogens with zero attached hydrogens (tertiary/aromatic N) is 4. The average Bonchev–Trinajstić information content (AvgIpc) is 3.05. The predicted octanol–water partition coefficient (Wildman–Crippen LogP) is 4.26. The molecule has 3 rings (SSSR count). The lowest BCUT2D eigenvalue weighted by Gasteiger charge is -2.36. The standard InChI is InChI=1S/C18H27BrN4O/c1-5-14-12-24-18(4,8-7-13(2)3)23(14)11-15-16(19)22-10-6-9-20-17(22)21-15/h6,9-10,13-14H,5,7-8,11-12H2,1-4H3. The zero-order chi connectivity index (χ0) is 17.3. The molecule has 1 aliphatic heterocycles. The van der Waals surface area contributed by atoms with Gasteiger partial charge in [-0.05, 0) is 54.1 Å². The van der Waals surface area contributed by atoms with Crippen molar-refractivity contribution < 1.29 is 4.74 Å². The summed E-state index contributed by atoms with van der Waals surface area (Å²) in [6, 6.07) is 2.36. The highest BCUT2D eigenvalue weighted by Gasteiger charge is 2.43. The Morgan fingerprint density at radius 2 is 2.25 bits per heavy atom. The maximum atomic E-state index is 6.25. The highest BCUT2D eigenvalue weighted by Crippen LogP contribution is 2.36. The third kappa shape index (κ3) is 3.37. The van der Waals surface area contributed by atoms with E-state index in [1.54, 1.807) is 6.20 Å². The Morgan fingerprint density at radius 1 is 1.46 bits per heavy atom. The average molecular weight is 395 g/mol. The lowest BCUT2D eigenvalue weighted by molar-refractivity contribution is -0.0834. The van der Waals surface area contributed by atoms with Crippen molar-refractivity contribution >= 4 is 21.7 Å². The number of hydrogen-bond donors (Lipinski definition) is 0. The van der Waals surface area contributed by atoms with Crippen molar-refractivity contribution in [3.8, 4) is 0 Å². The molecule has 0 saturated carbocycles. The third-order valence-corrected chi connectivity index (χ3v) is 5.86. The van der Waals surface area contributed by atoms with Gasteiger partial charge in [0.05, 0.1) is 12.3 Å². The fourth-order valence-corrected chi connectivity index (χ4v) is 3.90. The van der Waals surface area contributed by atoms with Gasteiger partial charge in [0, 0.05) is 25.0 Å². The van der Waals surface area contributed by atoms with Crippen LogP contribution in [0.3, 0.4) is 0 Å². The van der Waals surface area contributed by atoms with Crippen LogP contribution in [0.15, 0.2) is 23.1 Å². The second-order valence-electron chi connectivity index (χ2n) is 7.25. The smallest absolute Gasteiger partial charge is 0.234 e. The molecule has 132 valence electrons. The molecule has 5 nitrogen and oxygen atoms in total. The molecule has 1 fully saturated rings. The Morgan fingerprint density at radius 3 is 2.92 bits per heavy atom.